The van der Waals surface area contributed by atoms with E-state index in [1.807, 2.05) is 0 Å². The summed E-state index contributed by atoms with van der Waals surface area (Å²) in [6.45, 7) is 1.07. The molecule has 2 aliphatic rings. The molecule has 0 aromatic carbocycles. The van der Waals surface area contributed by atoms with E-state index in [0.29, 0.717) is 16.9 Å². The summed E-state index contributed by atoms with van der Waals surface area (Å²) in [4.78, 5) is 10.5. The van der Waals surface area contributed by atoms with Gasteiger partial charge in [0.05, 0.1) is 0 Å². The fourth-order valence-corrected chi connectivity index (χ4v) is 2.15. The maximum atomic E-state index is 6.17. The Labute approximate surface area is 99.8 Å². The van der Waals surface area contributed by atoms with Gasteiger partial charge < -0.3 is 10.6 Å². The molecule has 1 aromatic heterocycles. The van der Waals surface area contributed by atoms with Crippen LogP contribution in [0, 0.1) is 5.92 Å². The highest BCUT2D eigenvalue weighted by molar-refractivity contribution is 6.35. The van der Waals surface area contributed by atoms with Gasteiger partial charge in [0.25, 0.3) is 0 Å². The second-order valence-electron chi connectivity index (χ2n) is 4.72. The second kappa shape index (κ2) is 3.77. The fraction of sp³-hybridized carbons (Fsp3) is 0.636. The standard InChI is InChI=1S/C11H15ClN4/c12-9-10(13)14-6-15-11(9)16(8-3-4-8)5-7-1-2-7/h6-8H,1-5H2,(H2,13,14,15). The number of halogens is 1. The molecule has 0 saturated heterocycles. The summed E-state index contributed by atoms with van der Waals surface area (Å²) in [5.74, 6) is 2.03. The van der Waals surface area contributed by atoms with Gasteiger partial charge in [-0.25, -0.2) is 9.97 Å². The molecule has 4 nitrogen and oxygen atoms in total. The van der Waals surface area contributed by atoms with E-state index in [0.717, 1.165) is 18.3 Å². The third-order valence-corrected chi connectivity index (χ3v) is 3.57. The smallest absolute Gasteiger partial charge is 0.153 e. The Balaban J connectivity index is 1.88. The van der Waals surface area contributed by atoms with Crippen LogP contribution in [-0.2, 0) is 0 Å². The summed E-state index contributed by atoms with van der Waals surface area (Å²) >= 11 is 6.17. The maximum absolute atomic E-state index is 6.17. The highest BCUT2D eigenvalue weighted by Gasteiger charge is 2.35. The third-order valence-electron chi connectivity index (χ3n) is 3.21. The molecule has 0 spiro atoms. The number of rotatable bonds is 4. The fourth-order valence-electron chi connectivity index (χ4n) is 1.95. The lowest BCUT2D eigenvalue weighted by Gasteiger charge is -2.24. The molecule has 1 heterocycles. The molecule has 2 saturated carbocycles. The largest absolute Gasteiger partial charge is 0.382 e. The van der Waals surface area contributed by atoms with E-state index in [-0.39, 0.29) is 0 Å². The zero-order chi connectivity index (χ0) is 11.1. The first kappa shape index (κ1) is 10.1. The van der Waals surface area contributed by atoms with E-state index in [9.17, 15) is 0 Å². The van der Waals surface area contributed by atoms with Crippen molar-refractivity contribution in [2.45, 2.75) is 31.7 Å². The lowest BCUT2D eigenvalue weighted by molar-refractivity contribution is 0.708. The molecule has 0 aliphatic heterocycles. The lowest BCUT2D eigenvalue weighted by Crippen LogP contribution is -2.29. The molecular formula is C11H15ClN4. The first-order valence-electron chi connectivity index (χ1n) is 5.78. The Morgan fingerprint density at radius 2 is 2.06 bits per heavy atom. The lowest BCUT2D eigenvalue weighted by atomic mass is 10.3. The summed E-state index contributed by atoms with van der Waals surface area (Å²) in [7, 11) is 0. The number of hydrogen-bond acceptors (Lipinski definition) is 4. The van der Waals surface area contributed by atoms with Crippen LogP contribution >= 0.6 is 11.6 Å². The number of nitrogen functional groups attached to an aromatic ring is 1. The maximum Gasteiger partial charge on any atom is 0.153 e. The van der Waals surface area contributed by atoms with Crippen molar-refractivity contribution in [3.05, 3.63) is 11.3 Å². The first-order chi connectivity index (χ1) is 7.75. The molecule has 16 heavy (non-hydrogen) atoms. The average molecular weight is 239 g/mol. The van der Waals surface area contributed by atoms with Crippen molar-refractivity contribution in [2.24, 2.45) is 5.92 Å². The Morgan fingerprint density at radius 3 is 2.69 bits per heavy atom. The van der Waals surface area contributed by atoms with Crippen LogP contribution in [0.4, 0.5) is 11.6 Å². The van der Waals surface area contributed by atoms with Crippen molar-refractivity contribution in [3.63, 3.8) is 0 Å². The second-order valence-corrected chi connectivity index (χ2v) is 5.10. The Kier molecular flexibility index (Phi) is 2.39. The summed E-state index contributed by atoms with van der Waals surface area (Å²) in [6, 6.07) is 0.618. The quantitative estimate of drug-likeness (QED) is 0.873. The zero-order valence-electron chi connectivity index (χ0n) is 9.06. The molecule has 2 aliphatic carbocycles. The third kappa shape index (κ3) is 1.94. The molecule has 2 N–H and O–H groups in total. The van der Waals surface area contributed by atoms with Gasteiger partial charge in [-0.05, 0) is 31.6 Å². The van der Waals surface area contributed by atoms with Crippen molar-refractivity contribution in [1.82, 2.24) is 9.97 Å². The van der Waals surface area contributed by atoms with Gasteiger partial charge in [0, 0.05) is 12.6 Å². The zero-order valence-corrected chi connectivity index (χ0v) is 9.82. The topological polar surface area (TPSA) is 55.0 Å². The molecule has 0 bridgehead atoms. The molecular weight excluding hydrogens is 224 g/mol. The van der Waals surface area contributed by atoms with Gasteiger partial charge in [0.15, 0.2) is 5.82 Å². The van der Waals surface area contributed by atoms with Crippen LogP contribution in [0.15, 0.2) is 6.33 Å². The predicted octanol–water partition coefficient (Wildman–Crippen LogP) is 2.09. The van der Waals surface area contributed by atoms with Crippen molar-refractivity contribution >= 4 is 23.2 Å². The van der Waals surface area contributed by atoms with Crippen LogP contribution in [0.2, 0.25) is 5.02 Å². The number of hydrogen-bond donors (Lipinski definition) is 1. The van der Waals surface area contributed by atoms with Gasteiger partial charge in [0.1, 0.15) is 17.2 Å². The molecule has 3 rings (SSSR count). The van der Waals surface area contributed by atoms with Gasteiger partial charge >= 0.3 is 0 Å². The first-order valence-corrected chi connectivity index (χ1v) is 6.16. The van der Waals surface area contributed by atoms with Gasteiger partial charge in [0.2, 0.25) is 0 Å². The monoisotopic (exact) mass is 238 g/mol. The summed E-state index contributed by atoms with van der Waals surface area (Å²) in [5.41, 5.74) is 5.72. The Morgan fingerprint density at radius 1 is 1.31 bits per heavy atom. The average Bonchev–Trinajstić information content (AvgIpc) is 3.14. The van der Waals surface area contributed by atoms with E-state index in [2.05, 4.69) is 14.9 Å². The van der Waals surface area contributed by atoms with Crippen LogP contribution in [0.5, 0.6) is 0 Å². The van der Waals surface area contributed by atoms with Crippen molar-refractivity contribution in [2.75, 3.05) is 17.2 Å². The minimum Gasteiger partial charge on any atom is -0.382 e. The van der Waals surface area contributed by atoms with E-state index in [4.69, 9.17) is 17.3 Å². The molecule has 86 valence electrons. The molecule has 0 radical (unpaired) electrons. The molecule has 2 fully saturated rings. The highest BCUT2D eigenvalue weighted by Crippen LogP contribution is 2.39. The molecule has 0 unspecified atom stereocenters. The SMILES string of the molecule is Nc1ncnc(N(CC2CC2)C2CC2)c1Cl. The number of nitrogens with two attached hydrogens (primary N) is 1. The van der Waals surface area contributed by atoms with Crippen LogP contribution < -0.4 is 10.6 Å². The number of nitrogens with zero attached hydrogens (tertiary/aromatic N) is 3. The minimum absolute atomic E-state index is 0.383. The van der Waals surface area contributed by atoms with E-state index < -0.39 is 0 Å². The van der Waals surface area contributed by atoms with Crippen molar-refractivity contribution < 1.29 is 0 Å². The highest BCUT2D eigenvalue weighted by atomic mass is 35.5. The normalized spacial score (nSPS) is 19.8. The van der Waals surface area contributed by atoms with E-state index in [1.54, 1.807) is 0 Å². The summed E-state index contributed by atoms with van der Waals surface area (Å²) in [5, 5.41) is 0.509. The predicted molar refractivity (Wildman–Crippen MR) is 64.5 cm³/mol. The Bertz CT molecular complexity index is 401. The molecule has 0 atom stereocenters. The van der Waals surface area contributed by atoms with E-state index >= 15 is 0 Å². The van der Waals surface area contributed by atoms with Crippen molar-refractivity contribution in [1.29, 1.82) is 0 Å². The minimum atomic E-state index is 0.383. The summed E-state index contributed by atoms with van der Waals surface area (Å²) < 4.78 is 0. The Hall–Kier alpha value is -1.03. The van der Waals surface area contributed by atoms with Gasteiger partial charge in [-0.3, -0.25) is 0 Å². The van der Waals surface area contributed by atoms with Crippen LogP contribution in [-0.4, -0.2) is 22.6 Å². The van der Waals surface area contributed by atoms with Gasteiger partial charge in [-0.15, -0.1) is 0 Å². The van der Waals surface area contributed by atoms with Gasteiger partial charge in [-0.2, -0.15) is 0 Å². The van der Waals surface area contributed by atoms with Gasteiger partial charge in [-0.1, -0.05) is 11.6 Å². The van der Waals surface area contributed by atoms with Crippen LogP contribution in [0.3, 0.4) is 0 Å². The van der Waals surface area contributed by atoms with Crippen molar-refractivity contribution in [3.8, 4) is 0 Å². The van der Waals surface area contributed by atoms with Crippen LogP contribution in [0.25, 0.3) is 0 Å². The molecule has 1 aromatic rings. The molecule has 0 amide bonds. The van der Waals surface area contributed by atoms with Crippen LogP contribution in [0.1, 0.15) is 25.7 Å². The molecule has 5 heteroatoms. The number of aromatic nitrogens is 2. The summed E-state index contributed by atoms with van der Waals surface area (Å²) in [6.07, 6.45) is 6.65. The number of anilines is 2. The van der Waals surface area contributed by atoms with E-state index in [1.165, 1.54) is 32.0 Å².